The van der Waals surface area contributed by atoms with Crippen molar-refractivity contribution in [1.29, 1.82) is 0 Å². The highest BCUT2D eigenvalue weighted by atomic mass is 19.1. The summed E-state index contributed by atoms with van der Waals surface area (Å²) < 4.78 is 19.3. The number of carbonyl (C=O) groups is 1. The lowest BCUT2D eigenvalue weighted by Crippen LogP contribution is -2.46. The number of para-hydroxylation sites is 1. The number of carbonyl (C=O) groups excluding carboxylic acids is 1. The summed E-state index contributed by atoms with van der Waals surface area (Å²) in [5.41, 5.74) is 2.12. The first-order chi connectivity index (χ1) is 14.0. The van der Waals surface area contributed by atoms with E-state index in [1.165, 1.54) is 19.1 Å². The van der Waals surface area contributed by atoms with Crippen molar-refractivity contribution >= 4 is 28.3 Å². The fraction of sp³-hybridized carbons (Fsp3) is 0.273. The number of piperazine rings is 1. The molecular formula is C22H22FN3O3. The van der Waals surface area contributed by atoms with E-state index in [2.05, 4.69) is 10.2 Å². The van der Waals surface area contributed by atoms with Gasteiger partial charge in [0.05, 0.1) is 5.69 Å². The van der Waals surface area contributed by atoms with Gasteiger partial charge in [0.1, 0.15) is 11.4 Å². The smallest absolute Gasteiger partial charge is 0.336 e. The molecule has 0 radical (unpaired) electrons. The monoisotopic (exact) mass is 395 g/mol. The Kier molecular flexibility index (Phi) is 5.31. The number of fused-ring (bicyclic) bond motifs is 1. The van der Waals surface area contributed by atoms with E-state index in [9.17, 15) is 14.0 Å². The molecular weight excluding hydrogens is 373 g/mol. The van der Waals surface area contributed by atoms with Gasteiger partial charge in [0.15, 0.2) is 0 Å². The van der Waals surface area contributed by atoms with E-state index in [0.29, 0.717) is 36.6 Å². The van der Waals surface area contributed by atoms with E-state index in [1.807, 2.05) is 17.0 Å². The largest absolute Gasteiger partial charge is 0.423 e. The minimum absolute atomic E-state index is 0.185. The second-order valence-electron chi connectivity index (χ2n) is 7.20. The summed E-state index contributed by atoms with van der Waals surface area (Å²) in [6, 6.07) is 13.6. The minimum atomic E-state index is -0.419. The molecule has 4 rings (SSSR count). The van der Waals surface area contributed by atoms with Crippen molar-refractivity contribution in [3.8, 4) is 0 Å². The average molecular weight is 395 g/mol. The Morgan fingerprint density at radius 1 is 1.10 bits per heavy atom. The Morgan fingerprint density at radius 3 is 2.59 bits per heavy atom. The molecule has 1 aliphatic rings. The van der Waals surface area contributed by atoms with Gasteiger partial charge in [-0.05, 0) is 29.8 Å². The van der Waals surface area contributed by atoms with Gasteiger partial charge in [-0.1, -0.05) is 12.1 Å². The van der Waals surface area contributed by atoms with Crippen LogP contribution in [0.1, 0.15) is 12.5 Å². The van der Waals surface area contributed by atoms with E-state index >= 15 is 0 Å². The fourth-order valence-electron chi connectivity index (χ4n) is 3.74. The predicted octanol–water partition coefficient (Wildman–Crippen LogP) is 3.21. The highest BCUT2D eigenvalue weighted by Crippen LogP contribution is 2.24. The molecule has 1 aromatic heterocycles. The lowest BCUT2D eigenvalue weighted by atomic mass is 10.1. The fourth-order valence-corrected chi connectivity index (χ4v) is 3.74. The summed E-state index contributed by atoms with van der Waals surface area (Å²) in [5, 5.41) is 3.54. The number of amides is 1. The van der Waals surface area contributed by atoms with Crippen LogP contribution in [-0.2, 0) is 11.3 Å². The third kappa shape index (κ3) is 4.30. The summed E-state index contributed by atoms with van der Waals surface area (Å²) in [6.45, 7) is 4.99. The van der Waals surface area contributed by atoms with Gasteiger partial charge in [0, 0.05) is 62.9 Å². The van der Waals surface area contributed by atoms with Gasteiger partial charge < -0.3 is 14.6 Å². The summed E-state index contributed by atoms with van der Waals surface area (Å²) in [6.07, 6.45) is 0. The number of nitrogens with one attached hydrogen (secondary N) is 1. The Labute approximate surface area is 167 Å². The molecule has 0 unspecified atom stereocenters. The lowest BCUT2D eigenvalue weighted by Gasteiger charge is -2.36. The SMILES string of the molecule is CC(=O)Nc1ccc2c(CN3CCN(c4ccccc4F)CC3)cc(=O)oc2c1. The summed E-state index contributed by atoms with van der Waals surface area (Å²) in [7, 11) is 0. The van der Waals surface area contributed by atoms with Gasteiger partial charge in [-0.25, -0.2) is 9.18 Å². The highest BCUT2D eigenvalue weighted by Gasteiger charge is 2.20. The number of benzene rings is 2. The maximum absolute atomic E-state index is 14.0. The van der Waals surface area contributed by atoms with Gasteiger partial charge in [-0.2, -0.15) is 0 Å². The molecule has 1 N–H and O–H groups in total. The number of nitrogens with zero attached hydrogens (tertiary/aromatic N) is 2. The molecule has 0 spiro atoms. The van der Waals surface area contributed by atoms with Crippen molar-refractivity contribution in [3.63, 3.8) is 0 Å². The van der Waals surface area contributed by atoms with Crippen LogP contribution >= 0.6 is 0 Å². The molecule has 6 nitrogen and oxygen atoms in total. The Bertz CT molecular complexity index is 1100. The van der Waals surface area contributed by atoms with Crippen molar-refractivity contribution in [2.24, 2.45) is 0 Å². The van der Waals surface area contributed by atoms with Crippen LogP contribution in [0.25, 0.3) is 11.0 Å². The predicted molar refractivity (Wildman–Crippen MR) is 111 cm³/mol. The molecule has 3 aromatic rings. The van der Waals surface area contributed by atoms with Crippen molar-refractivity contribution in [2.75, 3.05) is 36.4 Å². The van der Waals surface area contributed by atoms with Crippen LogP contribution in [0.4, 0.5) is 15.8 Å². The maximum Gasteiger partial charge on any atom is 0.336 e. The first-order valence-electron chi connectivity index (χ1n) is 9.56. The molecule has 0 bridgehead atoms. The van der Waals surface area contributed by atoms with Crippen molar-refractivity contribution in [1.82, 2.24) is 4.90 Å². The van der Waals surface area contributed by atoms with Crippen LogP contribution in [0, 0.1) is 5.82 Å². The molecule has 0 atom stereocenters. The highest BCUT2D eigenvalue weighted by molar-refractivity contribution is 5.92. The van der Waals surface area contributed by atoms with Crippen LogP contribution in [0.3, 0.4) is 0 Å². The molecule has 2 heterocycles. The second-order valence-corrected chi connectivity index (χ2v) is 7.20. The van der Waals surface area contributed by atoms with E-state index < -0.39 is 5.63 Å². The second kappa shape index (κ2) is 8.05. The first-order valence-corrected chi connectivity index (χ1v) is 9.56. The zero-order valence-electron chi connectivity index (χ0n) is 16.2. The summed E-state index contributed by atoms with van der Waals surface area (Å²) in [4.78, 5) is 27.6. The van der Waals surface area contributed by atoms with Crippen molar-refractivity contribution in [3.05, 3.63) is 70.3 Å². The third-order valence-electron chi connectivity index (χ3n) is 5.11. The number of anilines is 2. The molecule has 7 heteroatoms. The molecule has 0 aliphatic carbocycles. The van der Waals surface area contributed by atoms with Gasteiger partial charge in [-0.15, -0.1) is 0 Å². The molecule has 1 fully saturated rings. The van der Waals surface area contributed by atoms with Gasteiger partial charge in [0.2, 0.25) is 5.91 Å². The molecule has 1 amide bonds. The molecule has 0 saturated carbocycles. The summed E-state index contributed by atoms with van der Waals surface area (Å²) in [5.74, 6) is -0.391. The molecule has 150 valence electrons. The van der Waals surface area contributed by atoms with E-state index in [1.54, 1.807) is 24.3 Å². The van der Waals surface area contributed by atoms with E-state index in [-0.39, 0.29) is 11.7 Å². The van der Waals surface area contributed by atoms with E-state index in [0.717, 1.165) is 24.0 Å². The number of hydrogen-bond acceptors (Lipinski definition) is 5. The van der Waals surface area contributed by atoms with Crippen molar-refractivity contribution < 1.29 is 13.6 Å². The average Bonchev–Trinajstić information content (AvgIpc) is 2.68. The minimum Gasteiger partial charge on any atom is -0.423 e. The van der Waals surface area contributed by atoms with Crippen LogP contribution in [0.15, 0.2) is 57.7 Å². The zero-order valence-corrected chi connectivity index (χ0v) is 16.2. The maximum atomic E-state index is 14.0. The molecule has 1 aliphatic heterocycles. The van der Waals surface area contributed by atoms with Gasteiger partial charge >= 0.3 is 5.63 Å². The molecule has 29 heavy (non-hydrogen) atoms. The lowest BCUT2D eigenvalue weighted by molar-refractivity contribution is -0.114. The Balaban J connectivity index is 1.50. The Hall–Kier alpha value is -3.19. The molecule has 1 saturated heterocycles. The van der Waals surface area contributed by atoms with Crippen molar-refractivity contribution in [2.45, 2.75) is 13.5 Å². The number of hydrogen-bond donors (Lipinski definition) is 1. The van der Waals surface area contributed by atoms with Gasteiger partial charge in [0.25, 0.3) is 0 Å². The van der Waals surface area contributed by atoms with Crippen LogP contribution in [0.2, 0.25) is 0 Å². The quantitative estimate of drug-likeness (QED) is 0.687. The third-order valence-corrected chi connectivity index (χ3v) is 5.11. The summed E-state index contributed by atoms with van der Waals surface area (Å²) >= 11 is 0. The normalized spacial score (nSPS) is 14.9. The number of rotatable bonds is 4. The Morgan fingerprint density at radius 2 is 1.86 bits per heavy atom. The first kappa shape index (κ1) is 19.1. The number of halogens is 1. The van der Waals surface area contributed by atoms with Crippen LogP contribution < -0.4 is 15.8 Å². The van der Waals surface area contributed by atoms with Crippen LogP contribution in [-0.4, -0.2) is 37.0 Å². The standard InChI is InChI=1S/C22H22FN3O3/c1-15(27)24-17-6-7-18-16(12-22(28)29-21(18)13-17)14-25-8-10-26(11-9-25)20-5-3-2-4-19(20)23/h2-7,12-13H,8-11,14H2,1H3,(H,24,27). The van der Waals surface area contributed by atoms with E-state index in [4.69, 9.17) is 4.42 Å². The zero-order chi connectivity index (χ0) is 20.4. The topological polar surface area (TPSA) is 65.8 Å². The molecule has 2 aromatic carbocycles. The van der Waals surface area contributed by atoms with Crippen LogP contribution in [0.5, 0.6) is 0 Å². The van der Waals surface area contributed by atoms with Gasteiger partial charge in [-0.3, -0.25) is 9.69 Å².